The highest BCUT2D eigenvalue weighted by Crippen LogP contribution is 2.35. The van der Waals surface area contributed by atoms with Crippen LogP contribution in [0.25, 0.3) is 0 Å². The molecule has 0 heterocycles. The molecule has 2 aromatic carbocycles. The molecule has 104 valence electrons. The summed E-state index contributed by atoms with van der Waals surface area (Å²) < 4.78 is 14.5. The van der Waals surface area contributed by atoms with E-state index in [0.29, 0.717) is 10.5 Å². The topological polar surface area (TPSA) is 49.9 Å². The Morgan fingerprint density at radius 1 is 1.20 bits per heavy atom. The van der Waals surface area contributed by atoms with E-state index < -0.39 is 0 Å². The Labute approximate surface area is 130 Å². The second-order valence-corrected chi connectivity index (χ2v) is 6.41. The summed E-state index contributed by atoms with van der Waals surface area (Å²) in [5, 5.41) is 7.39. The van der Waals surface area contributed by atoms with E-state index in [9.17, 15) is 4.39 Å². The van der Waals surface area contributed by atoms with Crippen molar-refractivity contribution < 1.29 is 4.39 Å². The molecular formula is C15H14BrFN2S. The first-order valence-corrected chi connectivity index (χ1v) is 7.58. The predicted molar refractivity (Wildman–Crippen MR) is 85.2 cm³/mol. The Balaban J connectivity index is 2.37. The summed E-state index contributed by atoms with van der Waals surface area (Å²) in [5.74, 6) is -0.542. The van der Waals surface area contributed by atoms with Crippen molar-refractivity contribution in [2.45, 2.75) is 23.6 Å². The Morgan fingerprint density at radius 3 is 2.50 bits per heavy atom. The summed E-state index contributed by atoms with van der Waals surface area (Å²) in [7, 11) is 0. The van der Waals surface area contributed by atoms with Crippen molar-refractivity contribution >= 4 is 33.5 Å². The van der Waals surface area contributed by atoms with Crippen molar-refractivity contribution in [1.29, 1.82) is 5.41 Å². The van der Waals surface area contributed by atoms with Gasteiger partial charge in [0.15, 0.2) is 5.82 Å². The number of aryl methyl sites for hydroxylation is 2. The van der Waals surface area contributed by atoms with Crippen LogP contribution in [0.4, 0.5) is 4.39 Å². The summed E-state index contributed by atoms with van der Waals surface area (Å²) in [6.45, 7) is 4.08. The number of amidine groups is 1. The van der Waals surface area contributed by atoms with E-state index in [1.165, 1.54) is 22.9 Å². The molecule has 20 heavy (non-hydrogen) atoms. The van der Waals surface area contributed by atoms with Crippen molar-refractivity contribution in [3.63, 3.8) is 0 Å². The molecule has 0 unspecified atom stereocenters. The van der Waals surface area contributed by atoms with Gasteiger partial charge in [-0.2, -0.15) is 0 Å². The third-order valence-electron chi connectivity index (χ3n) is 3.04. The van der Waals surface area contributed by atoms with E-state index in [1.807, 2.05) is 32.0 Å². The lowest BCUT2D eigenvalue weighted by Crippen LogP contribution is -2.12. The van der Waals surface area contributed by atoms with Gasteiger partial charge in [0.05, 0.1) is 4.47 Å². The maximum absolute atomic E-state index is 14.3. The minimum atomic E-state index is -0.388. The van der Waals surface area contributed by atoms with Gasteiger partial charge in [0.1, 0.15) is 5.84 Å². The first-order chi connectivity index (χ1) is 9.40. The molecule has 0 aromatic heterocycles. The average molecular weight is 353 g/mol. The Bertz CT molecular complexity index is 686. The summed E-state index contributed by atoms with van der Waals surface area (Å²) in [5.41, 5.74) is 8.16. The number of benzene rings is 2. The van der Waals surface area contributed by atoms with Crippen molar-refractivity contribution in [2.24, 2.45) is 5.73 Å². The highest BCUT2D eigenvalue weighted by Gasteiger charge is 2.14. The largest absolute Gasteiger partial charge is 0.384 e. The van der Waals surface area contributed by atoms with Gasteiger partial charge in [0.25, 0.3) is 0 Å². The van der Waals surface area contributed by atoms with Crippen LogP contribution in [-0.4, -0.2) is 5.84 Å². The maximum Gasteiger partial charge on any atom is 0.152 e. The smallest absolute Gasteiger partial charge is 0.152 e. The zero-order valence-corrected chi connectivity index (χ0v) is 13.5. The lowest BCUT2D eigenvalue weighted by molar-refractivity contribution is 0.594. The number of hydrogen-bond acceptors (Lipinski definition) is 2. The van der Waals surface area contributed by atoms with Gasteiger partial charge in [-0.1, -0.05) is 17.8 Å². The van der Waals surface area contributed by atoms with E-state index >= 15 is 0 Å². The van der Waals surface area contributed by atoms with Gasteiger partial charge in [-0.3, -0.25) is 5.41 Å². The fourth-order valence-corrected chi connectivity index (χ4v) is 3.37. The normalized spacial score (nSPS) is 10.6. The molecule has 0 saturated carbocycles. The Morgan fingerprint density at radius 2 is 1.90 bits per heavy atom. The van der Waals surface area contributed by atoms with Gasteiger partial charge < -0.3 is 5.73 Å². The monoisotopic (exact) mass is 352 g/mol. The van der Waals surface area contributed by atoms with Gasteiger partial charge >= 0.3 is 0 Å². The second kappa shape index (κ2) is 5.97. The van der Waals surface area contributed by atoms with E-state index in [2.05, 4.69) is 15.9 Å². The van der Waals surface area contributed by atoms with Crippen molar-refractivity contribution in [3.8, 4) is 0 Å². The Kier molecular flexibility index (Phi) is 4.50. The lowest BCUT2D eigenvalue weighted by atomic mass is 10.1. The fourth-order valence-electron chi connectivity index (χ4n) is 1.72. The number of nitrogen functional groups attached to an aromatic ring is 1. The predicted octanol–water partition coefficient (Wildman–Crippen LogP) is 4.64. The van der Waals surface area contributed by atoms with E-state index in [0.717, 1.165) is 4.90 Å². The van der Waals surface area contributed by atoms with Gasteiger partial charge in [0, 0.05) is 15.4 Å². The number of nitrogens with two attached hydrogens (primary N) is 1. The van der Waals surface area contributed by atoms with E-state index in [1.54, 1.807) is 12.1 Å². The SMILES string of the molecule is Cc1ccc(Sc2ccc(C(=N)N)c(Br)c2F)cc1C. The zero-order chi connectivity index (χ0) is 14.9. The standard InChI is InChI=1S/C15H14BrFN2S/c1-8-3-4-10(7-9(8)2)20-12-6-5-11(15(18)19)13(16)14(12)17/h3-7H,1-2H3,(H3,18,19). The molecule has 0 radical (unpaired) electrons. The van der Waals surface area contributed by atoms with Crippen LogP contribution < -0.4 is 5.73 Å². The van der Waals surface area contributed by atoms with Crippen LogP contribution in [0.1, 0.15) is 16.7 Å². The molecule has 0 saturated heterocycles. The molecule has 0 fully saturated rings. The third kappa shape index (κ3) is 3.04. The van der Waals surface area contributed by atoms with E-state index in [4.69, 9.17) is 11.1 Å². The highest BCUT2D eigenvalue weighted by atomic mass is 79.9. The van der Waals surface area contributed by atoms with Crippen LogP contribution in [0.5, 0.6) is 0 Å². The molecule has 0 bridgehead atoms. The molecule has 0 aliphatic heterocycles. The average Bonchev–Trinajstić information content (AvgIpc) is 2.39. The van der Waals surface area contributed by atoms with Gasteiger partial charge in [0.2, 0.25) is 0 Å². The van der Waals surface area contributed by atoms with Crippen LogP contribution >= 0.6 is 27.7 Å². The van der Waals surface area contributed by atoms with Crippen LogP contribution in [-0.2, 0) is 0 Å². The summed E-state index contributed by atoms with van der Waals surface area (Å²) >= 11 is 4.52. The van der Waals surface area contributed by atoms with E-state index in [-0.39, 0.29) is 16.1 Å². The molecule has 0 aliphatic carbocycles. The van der Waals surface area contributed by atoms with Crippen LogP contribution in [0.15, 0.2) is 44.6 Å². The summed E-state index contributed by atoms with van der Waals surface area (Å²) in [4.78, 5) is 1.49. The molecule has 0 atom stereocenters. The molecule has 0 aliphatic rings. The summed E-state index contributed by atoms with van der Waals surface area (Å²) in [6, 6.07) is 9.33. The number of rotatable bonds is 3. The Hall–Kier alpha value is -1.33. The summed E-state index contributed by atoms with van der Waals surface area (Å²) in [6.07, 6.45) is 0. The molecule has 3 N–H and O–H groups in total. The number of hydrogen-bond donors (Lipinski definition) is 2. The van der Waals surface area contributed by atoms with Gasteiger partial charge in [-0.05, 0) is 65.2 Å². The van der Waals surface area contributed by atoms with Gasteiger partial charge in [-0.15, -0.1) is 0 Å². The quantitative estimate of drug-likeness (QED) is 0.624. The van der Waals surface area contributed by atoms with Gasteiger partial charge in [-0.25, -0.2) is 4.39 Å². The van der Waals surface area contributed by atoms with Crippen LogP contribution in [0, 0.1) is 25.1 Å². The first-order valence-electron chi connectivity index (χ1n) is 5.97. The van der Waals surface area contributed by atoms with Crippen molar-refractivity contribution in [3.05, 3.63) is 57.3 Å². The molecule has 0 amide bonds. The first kappa shape index (κ1) is 15.1. The molecule has 0 spiro atoms. The molecule has 2 nitrogen and oxygen atoms in total. The minimum absolute atomic E-state index is 0.154. The fraction of sp³-hybridized carbons (Fsp3) is 0.133. The molecule has 2 aromatic rings. The second-order valence-electron chi connectivity index (χ2n) is 4.50. The minimum Gasteiger partial charge on any atom is -0.384 e. The highest BCUT2D eigenvalue weighted by molar-refractivity contribution is 9.10. The number of nitrogens with one attached hydrogen (secondary N) is 1. The number of halogens is 2. The lowest BCUT2D eigenvalue weighted by Gasteiger charge is -2.09. The van der Waals surface area contributed by atoms with Crippen molar-refractivity contribution in [1.82, 2.24) is 0 Å². The molecule has 2 rings (SSSR count). The van der Waals surface area contributed by atoms with Crippen LogP contribution in [0.3, 0.4) is 0 Å². The molecular weight excluding hydrogens is 339 g/mol. The zero-order valence-electron chi connectivity index (χ0n) is 11.1. The van der Waals surface area contributed by atoms with Crippen molar-refractivity contribution in [2.75, 3.05) is 0 Å². The third-order valence-corrected chi connectivity index (χ3v) is 4.84. The molecule has 5 heteroatoms. The maximum atomic E-state index is 14.3. The van der Waals surface area contributed by atoms with Crippen LogP contribution in [0.2, 0.25) is 0 Å².